The van der Waals surface area contributed by atoms with E-state index in [9.17, 15) is 28.8 Å². The van der Waals surface area contributed by atoms with E-state index in [1.807, 2.05) is 13.8 Å². The van der Waals surface area contributed by atoms with Crippen LogP contribution in [0.2, 0.25) is 0 Å². The van der Waals surface area contributed by atoms with Crippen LogP contribution in [0.3, 0.4) is 0 Å². The molecule has 0 bridgehead atoms. The number of anilines is 2. The third-order valence-corrected chi connectivity index (χ3v) is 6.59. The van der Waals surface area contributed by atoms with Crippen LogP contribution in [0, 0.1) is 30.9 Å². The van der Waals surface area contributed by atoms with Crippen LogP contribution in [-0.2, 0) is 28.4 Å². The fourth-order valence-electron chi connectivity index (χ4n) is 4.10. The molecule has 0 fully saturated rings. The van der Waals surface area contributed by atoms with Gasteiger partial charge in [-0.25, -0.2) is 28.8 Å². The molecule has 0 heterocycles. The molecule has 17 heteroatoms. The lowest BCUT2D eigenvalue weighted by Crippen LogP contribution is -2.15. The number of rotatable bonds is 6. The molecule has 0 atom stereocenters. The van der Waals surface area contributed by atoms with Crippen molar-refractivity contribution in [2.45, 2.75) is 34.6 Å². The first-order valence-corrected chi connectivity index (χ1v) is 15.4. The topological polar surface area (TPSA) is 253 Å². The standard InChI is InChI=1S/2C11H13NO4.C11H12O4.C2H6.CH3NO2/c1-6-8(12)5-4-7(10(13)15-2)9(6)11(14)16-3;1-6-4-5-7(12)9(11(14)16-3)8(6)10(13)15-2;1-7-5-4-6-8(10(12)14-2)9(7)11(13)15-3;1-2;1-2(3)4/h2*4-5H,12H2,1-3H3;4-6H,1-3H3;1-2H3;1H3. The van der Waals surface area contributed by atoms with Crippen molar-refractivity contribution in [3.8, 4) is 0 Å². The van der Waals surface area contributed by atoms with Gasteiger partial charge in [0.05, 0.1) is 76.0 Å². The van der Waals surface area contributed by atoms with Gasteiger partial charge in [-0.15, -0.1) is 0 Å². The van der Waals surface area contributed by atoms with Crippen LogP contribution in [0.1, 0.15) is 92.7 Å². The van der Waals surface area contributed by atoms with E-state index in [0.29, 0.717) is 22.4 Å². The number of carbonyl (C=O) groups is 6. The molecule has 0 amide bonds. The average molecular weight is 746 g/mol. The first-order valence-electron chi connectivity index (χ1n) is 15.4. The molecule has 53 heavy (non-hydrogen) atoms. The molecule has 0 aliphatic rings. The van der Waals surface area contributed by atoms with E-state index in [-0.39, 0.29) is 39.1 Å². The molecule has 290 valence electrons. The second-order valence-corrected chi connectivity index (χ2v) is 9.81. The van der Waals surface area contributed by atoms with Gasteiger partial charge in [0.1, 0.15) is 0 Å². The minimum Gasteiger partial charge on any atom is -0.465 e. The van der Waals surface area contributed by atoms with Crippen molar-refractivity contribution in [3.63, 3.8) is 0 Å². The van der Waals surface area contributed by atoms with Gasteiger partial charge in [0, 0.05) is 16.3 Å². The fraction of sp³-hybridized carbons (Fsp3) is 0.333. The number of methoxy groups -OCH3 is 6. The first kappa shape index (κ1) is 48.6. The minimum absolute atomic E-state index is 0.0503. The largest absolute Gasteiger partial charge is 0.465 e. The van der Waals surface area contributed by atoms with Crippen molar-refractivity contribution in [3.05, 3.63) is 103 Å². The molecule has 0 saturated carbocycles. The quantitative estimate of drug-likeness (QED) is 0.113. The summed E-state index contributed by atoms with van der Waals surface area (Å²) < 4.78 is 27.6. The Morgan fingerprint density at radius 2 is 0.849 bits per heavy atom. The Bertz CT molecular complexity index is 1710. The number of nitro groups is 1. The zero-order valence-corrected chi connectivity index (χ0v) is 31.9. The van der Waals surface area contributed by atoms with E-state index in [1.165, 1.54) is 54.8 Å². The normalized spacial score (nSPS) is 9.13. The summed E-state index contributed by atoms with van der Waals surface area (Å²) in [4.78, 5) is 77.2. The monoisotopic (exact) mass is 745 g/mol. The summed E-state index contributed by atoms with van der Waals surface area (Å²) in [7, 11) is 8.39. The van der Waals surface area contributed by atoms with E-state index in [0.717, 1.165) is 7.05 Å². The highest BCUT2D eigenvalue weighted by Crippen LogP contribution is 2.23. The Labute approximate surface area is 307 Å². The minimum atomic E-state index is -0.651. The number of nitrogens with zero attached hydrogens (tertiary/aromatic N) is 1. The Hall–Kier alpha value is -6.52. The number of hydrogen-bond donors (Lipinski definition) is 2. The van der Waals surface area contributed by atoms with Crippen LogP contribution < -0.4 is 11.5 Å². The molecule has 0 aliphatic heterocycles. The van der Waals surface area contributed by atoms with Gasteiger partial charge >= 0.3 is 35.8 Å². The summed E-state index contributed by atoms with van der Waals surface area (Å²) in [6.07, 6.45) is 0. The van der Waals surface area contributed by atoms with Crippen molar-refractivity contribution in [1.29, 1.82) is 0 Å². The Kier molecular flexibility index (Phi) is 22.6. The first-order chi connectivity index (χ1) is 24.9. The predicted octanol–water partition coefficient (Wildman–Crippen LogP) is 4.79. The Morgan fingerprint density at radius 1 is 0.509 bits per heavy atom. The van der Waals surface area contributed by atoms with Gasteiger partial charge in [-0.3, -0.25) is 10.1 Å². The van der Waals surface area contributed by atoms with Crippen molar-refractivity contribution in [1.82, 2.24) is 0 Å². The number of hydrogen-bond acceptors (Lipinski definition) is 16. The summed E-state index contributed by atoms with van der Waals surface area (Å²) in [5, 5.41) is 8.81. The zero-order valence-electron chi connectivity index (χ0n) is 31.9. The molecule has 0 aliphatic carbocycles. The second kappa shape index (κ2) is 24.6. The van der Waals surface area contributed by atoms with Gasteiger partial charge in [-0.1, -0.05) is 32.0 Å². The number of carbonyl (C=O) groups excluding carboxylic acids is 6. The molecular weight excluding hydrogens is 698 g/mol. The lowest BCUT2D eigenvalue weighted by atomic mass is 10.00. The predicted molar refractivity (Wildman–Crippen MR) is 195 cm³/mol. The van der Waals surface area contributed by atoms with Gasteiger partial charge in [0.25, 0.3) is 0 Å². The SMILES string of the molecule is CC.COC(=O)c1c(C)ccc(N)c1C(=O)OC.COC(=O)c1ccc(N)c(C)c1C(=O)OC.COC(=O)c1cccc(C)c1C(=O)OC.C[N+](=O)[O-]. The number of nitrogen functional groups attached to an aromatic ring is 2. The van der Waals surface area contributed by atoms with Crippen LogP contribution in [0.5, 0.6) is 0 Å². The maximum absolute atomic E-state index is 11.5. The van der Waals surface area contributed by atoms with Crippen LogP contribution in [0.4, 0.5) is 11.4 Å². The summed E-state index contributed by atoms with van der Waals surface area (Å²) in [5.74, 6) is -3.53. The van der Waals surface area contributed by atoms with Gasteiger partial charge in [-0.2, -0.15) is 0 Å². The highest BCUT2D eigenvalue weighted by molar-refractivity contribution is 6.08. The molecule has 0 saturated heterocycles. The van der Waals surface area contributed by atoms with Crippen molar-refractivity contribution in [2.24, 2.45) is 0 Å². The molecule has 0 unspecified atom stereocenters. The molecule has 3 rings (SSSR count). The summed E-state index contributed by atoms with van der Waals surface area (Å²) in [6, 6.07) is 11.1. The Balaban J connectivity index is 0. The van der Waals surface area contributed by atoms with E-state index in [4.69, 9.17) is 21.6 Å². The van der Waals surface area contributed by atoms with Crippen molar-refractivity contribution in [2.75, 3.05) is 61.2 Å². The van der Waals surface area contributed by atoms with E-state index in [1.54, 1.807) is 51.1 Å². The van der Waals surface area contributed by atoms with Crippen LogP contribution in [-0.4, -0.2) is 90.4 Å². The third-order valence-electron chi connectivity index (χ3n) is 6.59. The maximum Gasteiger partial charge on any atom is 0.340 e. The summed E-state index contributed by atoms with van der Waals surface area (Å²) in [6.45, 7) is 9.07. The lowest BCUT2D eigenvalue weighted by molar-refractivity contribution is -0.445. The number of benzene rings is 3. The molecule has 17 nitrogen and oxygen atoms in total. The van der Waals surface area contributed by atoms with Crippen LogP contribution >= 0.6 is 0 Å². The number of nitrogens with two attached hydrogens (primary N) is 2. The van der Waals surface area contributed by atoms with E-state index < -0.39 is 40.7 Å². The van der Waals surface area contributed by atoms with Crippen LogP contribution in [0.15, 0.2) is 42.5 Å². The van der Waals surface area contributed by atoms with E-state index >= 15 is 0 Å². The van der Waals surface area contributed by atoms with Crippen LogP contribution in [0.25, 0.3) is 0 Å². The average Bonchev–Trinajstić information content (AvgIpc) is 3.15. The summed E-state index contributed by atoms with van der Waals surface area (Å²) >= 11 is 0. The van der Waals surface area contributed by atoms with Crippen molar-refractivity contribution < 1.29 is 62.1 Å². The van der Waals surface area contributed by atoms with Crippen molar-refractivity contribution >= 4 is 47.2 Å². The zero-order chi connectivity index (χ0) is 41.6. The molecule has 0 radical (unpaired) electrons. The molecule has 0 spiro atoms. The molecular formula is C36H47N3O14. The number of aryl methyl sites for hydroxylation is 2. The number of esters is 6. The van der Waals surface area contributed by atoms with Gasteiger partial charge in [-0.05, 0) is 61.7 Å². The summed E-state index contributed by atoms with van der Waals surface area (Å²) in [5.41, 5.74) is 14.7. The highest BCUT2D eigenvalue weighted by atomic mass is 16.6. The Morgan fingerprint density at radius 3 is 1.28 bits per heavy atom. The van der Waals surface area contributed by atoms with Gasteiger partial charge < -0.3 is 39.9 Å². The maximum atomic E-state index is 11.5. The second-order valence-electron chi connectivity index (χ2n) is 9.81. The van der Waals surface area contributed by atoms with Gasteiger partial charge in [0.2, 0.25) is 0 Å². The van der Waals surface area contributed by atoms with Gasteiger partial charge in [0.15, 0.2) is 7.05 Å². The third kappa shape index (κ3) is 14.3. The molecule has 4 N–H and O–H groups in total. The fourth-order valence-corrected chi connectivity index (χ4v) is 4.10. The molecule has 3 aromatic carbocycles. The molecule has 0 aromatic heterocycles. The smallest absolute Gasteiger partial charge is 0.340 e. The molecule has 3 aromatic rings. The lowest BCUT2D eigenvalue weighted by Gasteiger charge is -2.11. The van der Waals surface area contributed by atoms with E-state index in [2.05, 4.69) is 28.4 Å². The highest BCUT2D eigenvalue weighted by Gasteiger charge is 2.24. The number of ether oxygens (including phenoxy) is 6.